The number of rotatable bonds is 5. The Morgan fingerprint density at radius 3 is 2.45 bits per heavy atom. The van der Waals surface area contributed by atoms with Crippen molar-refractivity contribution >= 4 is 17.3 Å². The van der Waals surface area contributed by atoms with E-state index in [4.69, 9.17) is 17.3 Å². The van der Waals surface area contributed by atoms with E-state index in [-0.39, 0.29) is 0 Å². The topological polar surface area (TPSA) is 29.3 Å². The van der Waals surface area contributed by atoms with E-state index < -0.39 is 0 Å². The Balaban J connectivity index is 2.16. The normalized spacial score (nSPS) is 11.0. The fourth-order valence-corrected chi connectivity index (χ4v) is 2.52. The molecule has 3 heteroatoms. The summed E-state index contributed by atoms with van der Waals surface area (Å²) >= 11 is 6.26. The van der Waals surface area contributed by atoms with Crippen molar-refractivity contribution in [3.8, 4) is 0 Å². The highest BCUT2D eigenvalue weighted by Gasteiger charge is 2.11. The summed E-state index contributed by atoms with van der Waals surface area (Å²) in [5, 5.41) is 0.744. The number of halogens is 1. The third-order valence-electron chi connectivity index (χ3n) is 3.64. The zero-order valence-electron chi connectivity index (χ0n) is 12.1. The maximum Gasteiger partial charge on any atom is 0.0471 e. The average molecular weight is 289 g/mol. The standard InChI is InChI=1S/C17H21ClN2/c1-3-20(11-14-8-5-4-7-13(14)2)12-15-16(18)9-6-10-17(15)19/h4-10H,3,11-12,19H2,1-2H3. The Morgan fingerprint density at radius 2 is 1.80 bits per heavy atom. The van der Waals surface area contributed by atoms with Crippen LogP contribution in [0.1, 0.15) is 23.6 Å². The number of nitrogens with zero attached hydrogens (tertiary/aromatic N) is 1. The van der Waals surface area contributed by atoms with E-state index in [1.54, 1.807) is 0 Å². The zero-order valence-corrected chi connectivity index (χ0v) is 12.8. The fourth-order valence-electron chi connectivity index (χ4n) is 2.27. The molecule has 2 aromatic carbocycles. The van der Waals surface area contributed by atoms with Gasteiger partial charge in [-0.2, -0.15) is 0 Å². The van der Waals surface area contributed by atoms with Crippen molar-refractivity contribution in [1.82, 2.24) is 4.90 Å². The van der Waals surface area contributed by atoms with Crippen LogP contribution < -0.4 is 5.73 Å². The molecule has 0 fully saturated rings. The molecule has 0 atom stereocenters. The summed E-state index contributed by atoms with van der Waals surface area (Å²) in [5.41, 5.74) is 10.5. The predicted molar refractivity (Wildman–Crippen MR) is 86.8 cm³/mol. The molecule has 0 aliphatic heterocycles. The Bertz CT molecular complexity index is 561. The van der Waals surface area contributed by atoms with Gasteiger partial charge >= 0.3 is 0 Å². The van der Waals surface area contributed by atoms with E-state index in [2.05, 4.69) is 43.0 Å². The van der Waals surface area contributed by atoms with Gasteiger partial charge in [-0.1, -0.05) is 48.9 Å². The predicted octanol–water partition coefficient (Wildman–Crippen LogP) is 4.25. The second kappa shape index (κ2) is 6.78. The van der Waals surface area contributed by atoms with Crippen LogP contribution in [0.15, 0.2) is 42.5 Å². The molecule has 2 rings (SSSR count). The molecular weight excluding hydrogens is 268 g/mol. The molecule has 0 heterocycles. The molecule has 0 aromatic heterocycles. The Kier molecular flexibility index (Phi) is 5.05. The molecule has 2 aromatic rings. The summed E-state index contributed by atoms with van der Waals surface area (Å²) in [6, 6.07) is 14.2. The molecule has 0 amide bonds. The number of nitrogens with two attached hydrogens (primary N) is 1. The number of aryl methyl sites for hydroxylation is 1. The van der Waals surface area contributed by atoms with E-state index in [1.165, 1.54) is 11.1 Å². The summed E-state index contributed by atoms with van der Waals surface area (Å²) in [6.07, 6.45) is 0. The van der Waals surface area contributed by atoms with Crippen molar-refractivity contribution < 1.29 is 0 Å². The average Bonchev–Trinajstić information content (AvgIpc) is 2.44. The van der Waals surface area contributed by atoms with Crippen LogP contribution in [0.5, 0.6) is 0 Å². The first-order chi connectivity index (χ1) is 9.61. The van der Waals surface area contributed by atoms with Crippen molar-refractivity contribution in [2.45, 2.75) is 26.9 Å². The van der Waals surface area contributed by atoms with E-state index in [1.807, 2.05) is 18.2 Å². The molecule has 0 bridgehead atoms. The number of hydrogen-bond donors (Lipinski definition) is 1. The smallest absolute Gasteiger partial charge is 0.0471 e. The monoisotopic (exact) mass is 288 g/mol. The quantitative estimate of drug-likeness (QED) is 0.833. The molecule has 106 valence electrons. The molecule has 0 spiro atoms. The van der Waals surface area contributed by atoms with Crippen LogP contribution in [0.25, 0.3) is 0 Å². The van der Waals surface area contributed by atoms with E-state index in [0.717, 1.165) is 35.9 Å². The van der Waals surface area contributed by atoms with Crippen molar-refractivity contribution in [3.63, 3.8) is 0 Å². The van der Waals surface area contributed by atoms with Gasteiger partial charge in [-0.15, -0.1) is 0 Å². The summed E-state index contributed by atoms with van der Waals surface area (Å²) in [6.45, 7) is 6.95. The van der Waals surface area contributed by atoms with Crippen LogP contribution in [-0.4, -0.2) is 11.4 Å². The highest BCUT2D eigenvalue weighted by atomic mass is 35.5. The molecule has 0 saturated heterocycles. The summed E-state index contributed by atoms with van der Waals surface area (Å²) < 4.78 is 0. The number of nitrogen functional groups attached to an aromatic ring is 1. The largest absolute Gasteiger partial charge is 0.398 e. The number of hydrogen-bond acceptors (Lipinski definition) is 2. The maximum absolute atomic E-state index is 6.26. The molecule has 0 aliphatic rings. The zero-order chi connectivity index (χ0) is 14.5. The van der Waals surface area contributed by atoms with Gasteiger partial charge < -0.3 is 5.73 Å². The lowest BCUT2D eigenvalue weighted by atomic mass is 10.1. The van der Waals surface area contributed by atoms with Crippen molar-refractivity contribution in [3.05, 3.63) is 64.2 Å². The molecule has 0 saturated carbocycles. The molecular formula is C17H21ClN2. The van der Waals surface area contributed by atoms with Gasteiger partial charge in [0.2, 0.25) is 0 Å². The Morgan fingerprint density at radius 1 is 1.05 bits per heavy atom. The second-order valence-corrected chi connectivity index (χ2v) is 5.44. The fraction of sp³-hybridized carbons (Fsp3) is 0.294. The maximum atomic E-state index is 6.26. The van der Waals surface area contributed by atoms with Gasteiger partial charge in [-0.05, 0) is 36.7 Å². The van der Waals surface area contributed by atoms with Gasteiger partial charge in [-0.3, -0.25) is 4.90 Å². The van der Waals surface area contributed by atoms with Crippen LogP contribution in [0, 0.1) is 6.92 Å². The Hall–Kier alpha value is -1.51. The van der Waals surface area contributed by atoms with Crippen LogP contribution in [-0.2, 0) is 13.1 Å². The minimum atomic E-state index is 0.744. The van der Waals surface area contributed by atoms with Gasteiger partial charge in [0.25, 0.3) is 0 Å². The first-order valence-electron chi connectivity index (χ1n) is 6.91. The Labute approximate surface area is 126 Å². The second-order valence-electron chi connectivity index (χ2n) is 5.04. The van der Waals surface area contributed by atoms with Gasteiger partial charge in [-0.25, -0.2) is 0 Å². The minimum Gasteiger partial charge on any atom is -0.398 e. The van der Waals surface area contributed by atoms with Gasteiger partial charge in [0.05, 0.1) is 0 Å². The molecule has 0 aliphatic carbocycles. The summed E-state index contributed by atoms with van der Waals surface area (Å²) in [5.74, 6) is 0. The van der Waals surface area contributed by atoms with Crippen LogP contribution in [0.4, 0.5) is 5.69 Å². The van der Waals surface area contributed by atoms with E-state index in [9.17, 15) is 0 Å². The molecule has 0 unspecified atom stereocenters. The van der Waals surface area contributed by atoms with Crippen molar-refractivity contribution in [1.29, 1.82) is 0 Å². The highest BCUT2D eigenvalue weighted by Crippen LogP contribution is 2.24. The van der Waals surface area contributed by atoms with Gasteiger partial charge in [0.15, 0.2) is 0 Å². The lowest BCUT2D eigenvalue weighted by Crippen LogP contribution is -2.23. The first-order valence-corrected chi connectivity index (χ1v) is 7.29. The van der Waals surface area contributed by atoms with Crippen LogP contribution in [0.3, 0.4) is 0 Å². The highest BCUT2D eigenvalue weighted by molar-refractivity contribution is 6.31. The van der Waals surface area contributed by atoms with E-state index >= 15 is 0 Å². The third kappa shape index (κ3) is 3.53. The van der Waals surface area contributed by atoms with Gasteiger partial charge in [0.1, 0.15) is 0 Å². The van der Waals surface area contributed by atoms with Crippen LogP contribution in [0.2, 0.25) is 5.02 Å². The minimum absolute atomic E-state index is 0.744. The summed E-state index contributed by atoms with van der Waals surface area (Å²) in [7, 11) is 0. The first kappa shape index (κ1) is 14.9. The van der Waals surface area contributed by atoms with Crippen LogP contribution >= 0.6 is 11.6 Å². The van der Waals surface area contributed by atoms with Crippen molar-refractivity contribution in [2.24, 2.45) is 0 Å². The third-order valence-corrected chi connectivity index (χ3v) is 3.99. The molecule has 2 nitrogen and oxygen atoms in total. The van der Waals surface area contributed by atoms with Crippen molar-refractivity contribution in [2.75, 3.05) is 12.3 Å². The molecule has 20 heavy (non-hydrogen) atoms. The molecule has 2 N–H and O–H groups in total. The number of benzene rings is 2. The SMILES string of the molecule is CCN(Cc1ccccc1C)Cc1c(N)cccc1Cl. The lowest BCUT2D eigenvalue weighted by molar-refractivity contribution is 0.271. The lowest BCUT2D eigenvalue weighted by Gasteiger charge is -2.23. The number of anilines is 1. The van der Waals surface area contributed by atoms with E-state index in [0.29, 0.717) is 0 Å². The molecule has 0 radical (unpaired) electrons. The summed E-state index contributed by atoms with van der Waals surface area (Å²) in [4.78, 5) is 2.35. The van der Waals surface area contributed by atoms with Gasteiger partial charge in [0, 0.05) is 29.4 Å².